The van der Waals surface area contributed by atoms with Gasteiger partial charge in [-0.1, -0.05) is 55.8 Å². The zero-order valence-corrected chi connectivity index (χ0v) is 16.2. The first-order valence-corrected chi connectivity index (χ1v) is 9.99. The van der Waals surface area contributed by atoms with E-state index >= 15 is 0 Å². The second-order valence-corrected chi connectivity index (χ2v) is 7.43. The lowest BCUT2D eigenvalue weighted by molar-refractivity contribution is 0.0995. The van der Waals surface area contributed by atoms with E-state index in [1.165, 1.54) is 12.2 Å². The van der Waals surface area contributed by atoms with Crippen LogP contribution in [0.4, 0.5) is 0 Å². The van der Waals surface area contributed by atoms with Crippen LogP contribution in [0.1, 0.15) is 40.5 Å². The number of allylic oxidation sites excluding steroid dienone is 2. The Hall–Kier alpha value is -3.46. The molecule has 3 nitrogen and oxygen atoms in total. The third-order valence-corrected chi connectivity index (χ3v) is 5.62. The number of benzene rings is 4. The molecule has 0 fully saturated rings. The molecule has 0 radical (unpaired) electrons. The minimum atomic E-state index is -0.154. The highest BCUT2D eigenvalue weighted by Gasteiger charge is 2.26. The molecule has 0 bridgehead atoms. The van der Waals surface area contributed by atoms with Crippen LogP contribution < -0.4 is 4.74 Å². The van der Waals surface area contributed by atoms with Crippen LogP contribution in [0.5, 0.6) is 5.75 Å². The number of ether oxygens (including phenoxy) is 1. The fourth-order valence-corrected chi connectivity index (χ4v) is 4.20. The Morgan fingerprint density at radius 2 is 1.55 bits per heavy atom. The molecule has 29 heavy (non-hydrogen) atoms. The lowest BCUT2D eigenvalue weighted by Gasteiger charge is -2.19. The van der Waals surface area contributed by atoms with Gasteiger partial charge in [-0.2, -0.15) is 0 Å². The van der Waals surface area contributed by atoms with Crippen LogP contribution >= 0.6 is 0 Å². The first kappa shape index (κ1) is 17.6. The Morgan fingerprint density at radius 3 is 2.41 bits per heavy atom. The highest BCUT2D eigenvalue weighted by Crippen LogP contribution is 2.41. The first-order valence-electron chi connectivity index (χ1n) is 9.99. The molecule has 1 aliphatic carbocycles. The van der Waals surface area contributed by atoms with Crippen molar-refractivity contribution in [3.63, 3.8) is 0 Å². The van der Waals surface area contributed by atoms with Crippen molar-refractivity contribution in [3.05, 3.63) is 77.9 Å². The highest BCUT2D eigenvalue weighted by atomic mass is 16.5. The molecule has 0 aromatic heterocycles. The molecule has 5 rings (SSSR count). The fourth-order valence-electron chi connectivity index (χ4n) is 4.20. The van der Waals surface area contributed by atoms with Crippen molar-refractivity contribution in [2.45, 2.75) is 19.8 Å². The predicted octanol–water partition coefficient (Wildman–Crippen LogP) is 6.26. The average Bonchev–Trinajstić information content (AvgIpc) is 2.75. The summed E-state index contributed by atoms with van der Waals surface area (Å²) < 4.78 is 6.08. The third kappa shape index (κ3) is 2.73. The molecule has 0 saturated heterocycles. The van der Waals surface area contributed by atoms with E-state index in [1.807, 2.05) is 18.2 Å². The van der Waals surface area contributed by atoms with Crippen LogP contribution in [0.25, 0.3) is 32.3 Å². The number of fused-ring (bicyclic) bond motifs is 7. The standard InChI is InChI=1S/C26H20O3/c1-2-3-14-29-23-15-20-21(27)12-13-22(28)25(20)26-19(23)11-10-17-9-8-16-6-4-5-7-18(16)24(17)26/h4-13,15H,2-3,14H2,1H3. The van der Waals surface area contributed by atoms with Gasteiger partial charge in [0, 0.05) is 21.9 Å². The summed E-state index contributed by atoms with van der Waals surface area (Å²) in [6.45, 7) is 2.69. The topological polar surface area (TPSA) is 43.4 Å². The quantitative estimate of drug-likeness (QED) is 0.310. The lowest BCUT2D eigenvalue weighted by atomic mass is 9.85. The zero-order valence-electron chi connectivity index (χ0n) is 16.2. The van der Waals surface area contributed by atoms with Crippen molar-refractivity contribution in [1.82, 2.24) is 0 Å². The second kappa shape index (κ2) is 6.85. The van der Waals surface area contributed by atoms with E-state index in [0.717, 1.165) is 45.2 Å². The molecule has 4 aromatic rings. The minimum Gasteiger partial charge on any atom is -0.493 e. The number of hydrogen-bond donors (Lipinski definition) is 0. The van der Waals surface area contributed by atoms with Gasteiger partial charge in [0.2, 0.25) is 0 Å². The summed E-state index contributed by atoms with van der Waals surface area (Å²) in [5.41, 5.74) is 0.911. The molecule has 3 heteroatoms. The Balaban J connectivity index is 1.97. The molecule has 0 heterocycles. The fraction of sp³-hybridized carbons (Fsp3) is 0.154. The summed E-state index contributed by atoms with van der Waals surface area (Å²) in [5.74, 6) is 0.378. The predicted molar refractivity (Wildman–Crippen MR) is 117 cm³/mol. The van der Waals surface area contributed by atoms with Gasteiger partial charge in [0.05, 0.1) is 6.61 Å². The van der Waals surface area contributed by atoms with Gasteiger partial charge in [-0.15, -0.1) is 0 Å². The SMILES string of the molecule is CCCCOc1cc2c(c3c1ccc1ccc4ccccc4c13)C(=O)C=CC2=O. The van der Waals surface area contributed by atoms with E-state index < -0.39 is 0 Å². The van der Waals surface area contributed by atoms with Crippen molar-refractivity contribution in [3.8, 4) is 5.75 Å². The van der Waals surface area contributed by atoms with Crippen molar-refractivity contribution in [1.29, 1.82) is 0 Å². The summed E-state index contributed by atoms with van der Waals surface area (Å²) in [5, 5.41) is 5.89. The van der Waals surface area contributed by atoms with Crippen LogP contribution in [0, 0.1) is 0 Å². The molecule has 0 N–H and O–H groups in total. The smallest absolute Gasteiger partial charge is 0.187 e. The number of ketones is 2. The molecular formula is C26H20O3. The molecular weight excluding hydrogens is 360 g/mol. The highest BCUT2D eigenvalue weighted by molar-refractivity contribution is 6.33. The number of unbranched alkanes of at least 4 members (excludes halogenated alkanes) is 1. The van der Waals surface area contributed by atoms with Crippen LogP contribution in [0.15, 0.2) is 66.7 Å². The van der Waals surface area contributed by atoms with Crippen molar-refractivity contribution in [2.75, 3.05) is 6.61 Å². The van der Waals surface area contributed by atoms with E-state index in [4.69, 9.17) is 4.74 Å². The van der Waals surface area contributed by atoms with Gasteiger partial charge in [-0.3, -0.25) is 9.59 Å². The van der Waals surface area contributed by atoms with Gasteiger partial charge >= 0.3 is 0 Å². The van der Waals surface area contributed by atoms with Gasteiger partial charge in [-0.25, -0.2) is 0 Å². The number of hydrogen-bond acceptors (Lipinski definition) is 3. The maximum absolute atomic E-state index is 12.9. The van der Waals surface area contributed by atoms with Crippen LogP contribution in [0.3, 0.4) is 0 Å². The van der Waals surface area contributed by atoms with E-state index in [9.17, 15) is 9.59 Å². The molecule has 142 valence electrons. The van der Waals surface area contributed by atoms with E-state index in [1.54, 1.807) is 6.07 Å². The van der Waals surface area contributed by atoms with Gasteiger partial charge in [0.15, 0.2) is 11.6 Å². The average molecular weight is 380 g/mol. The van der Waals surface area contributed by atoms with E-state index in [0.29, 0.717) is 23.5 Å². The first-order chi connectivity index (χ1) is 14.2. The second-order valence-electron chi connectivity index (χ2n) is 7.43. The number of carbonyl (C=O) groups is 2. The Morgan fingerprint density at radius 1 is 0.793 bits per heavy atom. The summed E-state index contributed by atoms with van der Waals surface area (Å²) in [4.78, 5) is 25.6. The summed E-state index contributed by atoms with van der Waals surface area (Å²) in [6.07, 6.45) is 4.69. The van der Waals surface area contributed by atoms with Crippen LogP contribution in [-0.4, -0.2) is 18.2 Å². The molecule has 1 aliphatic rings. The van der Waals surface area contributed by atoms with Gasteiger partial charge in [-0.05, 0) is 52.3 Å². The summed E-state index contributed by atoms with van der Waals surface area (Å²) >= 11 is 0. The van der Waals surface area contributed by atoms with Crippen molar-refractivity contribution in [2.24, 2.45) is 0 Å². The largest absolute Gasteiger partial charge is 0.493 e. The van der Waals surface area contributed by atoms with Crippen LogP contribution in [-0.2, 0) is 0 Å². The lowest BCUT2D eigenvalue weighted by Crippen LogP contribution is -2.13. The molecule has 0 spiro atoms. The van der Waals surface area contributed by atoms with Gasteiger partial charge < -0.3 is 4.74 Å². The van der Waals surface area contributed by atoms with Crippen molar-refractivity contribution >= 4 is 43.9 Å². The van der Waals surface area contributed by atoms with E-state index in [2.05, 4.69) is 37.3 Å². The Labute approximate surface area is 168 Å². The third-order valence-electron chi connectivity index (χ3n) is 5.62. The number of carbonyl (C=O) groups excluding carboxylic acids is 2. The Bertz CT molecular complexity index is 1340. The van der Waals surface area contributed by atoms with Gasteiger partial charge in [0.25, 0.3) is 0 Å². The summed E-state index contributed by atoms with van der Waals surface area (Å²) in [6, 6.07) is 18.1. The molecule has 0 aliphatic heterocycles. The van der Waals surface area contributed by atoms with Crippen molar-refractivity contribution < 1.29 is 14.3 Å². The zero-order chi connectivity index (χ0) is 20.0. The number of rotatable bonds is 4. The molecule has 4 aromatic carbocycles. The monoisotopic (exact) mass is 380 g/mol. The molecule has 0 atom stereocenters. The van der Waals surface area contributed by atoms with Gasteiger partial charge in [0.1, 0.15) is 5.75 Å². The molecule has 0 saturated carbocycles. The maximum atomic E-state index is 12.9. The summed E-state index contributed by atoms with van der Waals surface area (Å²) in [7, 11) is 0. The normalized spacial score (nSPS) is 13.4. The maximum Gasteiger partial charge on any atom is 0.187 e. The Kier molecular flexibility index (Phi) is 4.17. The van der Waals surface area contributed by atoms with E-state index in [-0.39, 0.29) is 11.6 Å². The molecule has 0 amide bonds. The molecule has 0 unspecified atom stereocenters. The minimum absolute atomic E-state index is 0.134. The van der Waals surface area contributed by atoms with Crippen LogP contribution in [0.2, 0.25) is 0 Å².